The second-order valence-corrected chi connectivity index (χ2v) is 6.28. The lowest BCUT2D eigenvalue weighted by Gasteiger charge is -2.12. The summed E-state index contributed by atoms with van der Waals surface area (Å²) in [4.78, 5) is 4.28. The molecule has 1 saturated carbocycles. The maximum Gasteiger partial charge on any atom is 0.191 e. The highest BCUT2D eigenvalue weighted by atomic mass is 19.1. The molecule has 0 amide bonds. The Hall–Kier alpha value is -2.37. The van der Waals surface area contributed by atoms with E-state index in [1.807, 2.05) is 12.1 Å². The Balaban J connectivity index is 1.58. The van der Waals surface area contributed by atoms with Crippen LogP contribution in [-0.4, -0.2) is 24.2 Å². The van der Waals surface area contributed by atoms with Crippen LogP contribution in [0.5, 0.6) is 0 Å². The van der Waals surface area contributed by atoms with E-state index in [9.17, 15) is 4.39 Å². The summed E-state index contributed by atoms with van der Waals surface area (Å²) in [6, 6.07) is 7.19. The van der Waals surface area contributed by atoms with E-state index in [1.54, 1.807) is 13.1 Å². The molecule has 0 spiro atoms. The van der Waals surface area contributed by atoms with Gasteiger partial charge in [-0.1, -0.05) is 37.2 Å². The molecule has 2 aromatic rings. The van der Waals surface area contributed by atoms with E-state index >= 15 is 0 Å². The van der Waals surface area contributed by atoms with E-state index in [-0.39, 0.29) is 17.8 Å². The van der Waals surface area contributed by atoms with Crippen LogP contribution in [0.3, 0.4) is 0 Å². The first-order chi connectivity index (χ1) is 12.2. The van der Waals surface area contributed by atoms with Gasteiger partial charge in [0, 0.05) is 37.5 Å². The fourth-order valence-electron chi connectivity index (χ4n) is 3.15. The van der Waals surface area contributed by atoms with Crippen LogP contribution < -0.4 is 10.6 Å². The Bertz CT molecular complexity index is 734. The maximum absolute atomic E-state index is 13.9. The van der Waals surface area contributed by atoms with Crippen LogP contribution in [-0.2, 0) is 19.4 Å². The van der Waals surface area contributed by atoms with Gasteiger partial charge in [0.25, 0.3) is 0 Å². The molecule has 5 nitrogen and oxygen atoms in total. The molecule has 25 heavy (non-hydrogen) atoms. The van der Waals surface area contributed by atoms with Crippen molar-refractivity contribution in [3.8, 4) is 0 Å². The third kappa shape index (κ3) is 3.83. The average molecular weight is 344 g/mol. The monoisotopic (exact) mass is 344 g/mol. The Morgan fingerprint density at radius 1 is 1.32 bits per heavy atom. The zero-order chi connectivity index (χ0) is 17.8. The quantitative estimate of drug-likeness (QED) is 0.624. The van der Waals surface area contributed by atoms with Crippen LogP contribution in [0.15, 0.2) is 33.8 Å². The first-order valence-electron chi connectivity index (χ1n) is 8.85. The van der Waals surface area contributed by atoms with Gasteiger partial charge < -0.3 is 15.2 Å². The van der Waals surface area contributed by atoms with Crippen LogP contribution in [0.2, 0.25) is 0 Å². The van der Waals surface area contributed by atoms with Crippen molar-refractivity contribution in [3.05, 3.63) is 52.7 Å². The highest BCUT2D eigenvalue weighted by Gasteiger charge is 2.40. The van der Waals surface area contributed by atoms with Crippen molar-refractivity contribution in [1.82, 2.24) is 15.8 Å². The number of nitrogens with zero attached hydrogens (tertiary/aromatic N) is 2. The maximum atomic E-state index is 13.9. The highest BCUT2D eigenvalue weighted by Crippen LogP contribution is 2.41. The third-order valence-electron chi connectivity index (χ3n) is 4.68. The summed E-state index contributed by atoms with van der Waals surface area (Å²) >= 11 is 0. The van der Waals surface area contributed by atoms with E-state index in [1.165, 1.54) is 6.07 Å². The predicted octanol–water partition coefficient (Wildman–Crippen LogP) is 3.16. The fourth-order valence-corrected chi connectivity index (χ4v) is 3.15. The molecule has 1 aliphatic carbocycles. The summed E-state index contributed by atoms with van der Waals surface area (Å²) < 4.78 is 19.3. The Kier molecular flexibility index (Phi) is 5.36. The standard InChI is InChI=1S/C19H25FN4O/c1-4-16-14(18(5-2)25-24-16)11-22-19(21-3)23-17-10-13(17)12-8-6-7-9-15(12)20/h6-9,13,17H,4-5,10-11H2,1-3H3,(H2,21,22,23). The zero-order valence-corrected chi connectivity index (χ0v) is 15.0. The lowest BCUT2D eigenvalue weighted by Crippen LogP contribution is -2.38. The molecule has 3 rings (SSSR count). The summed E-state index contributed by atoms with van der Waals surface area (Å²) in [6.07, 6.45) is 2.56. The minimum Gasteiger partial charge on any atom is -0.361 e. The van der Waals surface area contributed by atoms with Gasteiger partial charge in [0.2, 0.25) is 0 Å². The van der Waals surface area contributed by atoms with Gasteiger partial charge in [0.15, 0.2) is 5.96 Å². The Morgan fingerprint density at radius 3 is 2.80 bits per heavy atom. The summed E-state index contributed by atoms with van der Waals surface area (Å²) in [5.74, 6) is 1.70. The number of benzene rings is 1. The normalized spacial score (nSPS) is 19.8. The number of halogens is 1. The summed E-state index contributed by atoms with van der Waals surface area (Å²) in [5, 5.41) is 10.8. The molecular formula is C19H25FN4O. The molecule has 2 unspecified atom stereocenters. The molecule has 1 aromatic heterocycles. The van der Waals surface area contributed by atoms with Gasteiger partial charge in [-0.05, 0) is 24.5 Å². The van der Waals surface area contributed by atoms with Gasteiger partial charge in [-0.2, -0.15) is 0 Å². The molecule has 1 aromatic carbocycles. The molecule has 6 heteroatoms. The molecule has 134 valence electrons. The van der Waals surface area contributed by atoms with E-state index < -0.39 is 0 Å². The van der Waals surface area contributed by atoms with Crippen molar-refractivity contribution in [2.45, 2.75) is 51.6 Å². The van der Waals surface area contributed by atoms with Crippen molar-refractivity contribution in [1.29, 1.82) is 0 Å². The average Bonchev–Trinajstić information content (AvgIpc) is 3.27. The number of rotatable bonds is 6. The van der Waals surface area contributed by atoms with Crippen molar-refractivity contribution >= 4 is 5.96 Å². The number of nitrogens with one attached hydrogen (secondary N) is 2. The molecule has 1 fully saturated rings. The van der Waals surface area contributed by atoms with Crippen LogP contribution in [0.25, 0.3) is 0 Å². The summed E-state index contributed by atoms with van der Waals surface area (Å²) in [6.45, 7) is 4.74. The third-order valence-corrected chi connectivity index (χ3v) is 4.68. The second kappa shape index (κ2) is 7.68. The van der Waals surface area contributed by atoms with Gasteiger partial charge >= 0.3 is 0 Å². The van der Waals surface area contributed by atoms with Crippen LogP contribution in [0, 0.1) is 5.82 Å². The SMILES string of the molecule is CCc1noc(CC)c1CNC(=NC)NC1CC1c1ccccc1F. The van der Waals surface area contributed by atoms with Crippen LogP contribution in [0.1, 0.15) is 48.8 Å². The molecule has 2 atom stereocenters. The number of hydrogen-bond acceptors (Lipinski definition) is 3. The van der Waals surface area contributed by atoms with Crippen molar-refractivity contribution in [2.24, 2.45) is 4.99 Å². The molecule has 0 aliphatic heterocycles. The summed E-state index contributed by atoms with van der Waals surface area (Å²) in [7, 11) is 1.74. The Labute approximate surface area is 147 Å². The van der Waals surface area contributed by atoms with Gasteiger partial charge in [0.1, 0.15) is 11.6 Å². The molecule has 0 bridgehead atoms. The smallest absolute Gasteiger partial charge is 0.191 e. The van der Waals surface area contributed by atoms with Crippen molar-refractivity contribution in [2.75, 3.05) is 7.05 Å². The van der Waals surface area contributed by atoms with E-state index in [2.05, 4.69) is 34.6 Å². The molecule has 0 radical (unpaired) electrons. The topological polar surface area (TPSA) is 62.5 Å². The summed E-state index contributed by atoms with van der Waals surface area (Å²) in [5.41, 5.74) is 2.86. The largest absolute Gasteiger partial charge is 0.361 e. The van der Waals surface area contributed by atoms with E-state index in [0.29, 0.717) is 12.5 Å². The van der Waals surface area contributed by atoms with Gasteiger partial charge in [-0.3, -0.25) is 4.99 Å². The number of aryl methyl sites for hydroxylation is 2. The minimum absolute atomic E-state index is 0.135. The second-order valence-electron chi connectivity index (χ2n) is 6.28. The first-order valence-corrected chi connectivity index (χ1v) is 8.85. The number of aliphatic imine (C=N–C) groups is 1. The lowest BCUT2D eigenvalue weighted by molar-refractivity contribution is 0.380. The van der Waals surface area contributed by atoms with Crippen molar-refractivity contribution < 1.29 is 8.91 Å². The van der Waals surface area contributed by atoms with Gasteiger partial charge in [0.05, 0.1) is 5.69 Å². The van der Waals surface area contributed by atoms with Gasteiger partial charge in [-0.15, -0.1) is 0 Å². The minimum atomic E-state index is -0.135. The fraction of sp³-hybridized carbons (Fsp3) is 0.474. The predicted molar refractivity (Wildman–Crippen MR) is 96.1 cm³/mol. The van der Waals surface area contributed by atoms with Crippen LogP contribution >= 0.6 is 0 Å². The number of aromatic nitrogens is 1. The van der Waals surface area contributed by atoms with Crippen LogP contribution in [0.4, 0.5) is 4.39 Å². The molecular weight excluding hydrogens is 319 g/mol. The Morgan fingerprint density at radius 2 is 2.12 bits per heavy atom. The zero-order valence-electron chi connectivity index (χ0n) is 15.0. The van der Waals surface area contributed by atoms with E-state index in [0.717, 1.165) is 41.8 Å². The molecule has 0 saturated heterocycles. The molecule has 2 N–H and O–H groups in total. The number of guanidine groups is 1. The first kappa shape index (κ1) is 17.5. The van der Waals surface area contributed by atoms with E-state index in [4.69, 9.17) is 4.52 Å². The molecule has 1 heterocycles. The highest BCUT2D eigenvalue weighted by molar-refractivity contribution is 5.80. The molecule has 1 aliphatic rings. The number of hydrogen-bond donors (Lipinski definition) is 2. The van der Waals surface area contributed by atoms with Gasteiger partial charge in [-0.25, -0.2) is 4.39 Å². The lowest BCUT2D eigenvalue weighted by atomic mass is 10.1. The van der Waals surface area contributed by atoms with Crippen molar-refractivity contribution in [3.63, 3.8) is 0 Å².